The van der Waals surface area contributed by atoms with Gasteiger partial charge in [-0.3, -0.25) is 4.79 Å². The Labute approximate surface area is 131 Å². The molecule has 0 saturated carbocycles. The standard InChI is InChI=1S/C15H11O7P/c16-6-1-2-8(9(18)3-6)14-15(22-23)13(20)12-10(19)4-7(17)5-11(12)21-14/h1-5,16-19H,23H2. The Hall–Kier alpha value is -2.92. The van der Waals surface area contributed by atoms with E-state index < -0.39 is 11.2 Å². The Balaban J connectivity index is 2.43. The average Bonchev–Trinajstić information content (AvgIpc) is 2.46. The molecule has 0 bridgehead atoms. The zero-order valence-corrected chi connectivity index (χ0v) is 12.6. The number of rotatable bonds is 2. The minimum absolute atomic E-state index is 0.0826. The van der Waals surface area contributed by atoms with Crippen molar-refractivity contribution in [2.45, 2.75) is 0 Å². The van der Waals surface area contributed by atoms with Crippen LogP contribution in [0.25, 0.3) is 22.3 Å². The van der Waals surface area contributed by atoms with Gasteiger partial charge in [0.2, 0.25) is 11.2 Å². The predicted molar refractivity (Wildman–Crippen MR) is 84.9 cm³/mol. The Kier molecular flexibility index (Phi) is 3.50. The largest absolute Gasteiger partial charge is 0.508 e. The monoisotopic (exact) mass is 334 g/mol. The van der Waals surface area contributed by atoms with Crippen LogP contribution in [-0.2, 0) is 0 Å². The summed E-state index contributed by atoms with van der Waals surface area (Å²) >= 11 is 0. The van der Waals surface area contributed by atoms with E-state index in [0.717, 1.165) is 18.2 Å². The highest BCUT2D eigenvalue weighted by atomic mass is 31.0. The van der Waals surface area contributed by atoms with Crippen LogP contribution in [0.5, 0.6) is 28.7 Å². The molecule has 0 fully saturated rings. The Morgan fingerprint density at radius 3 is 2.30 bits per heavy atom. The SMILES string of the molecule is O=c1c(OP)c(-c2ccc(O)cc2O)oc2cc(O)cc(O)c12. The van der Waals surface area contributed by atoms with Crippen LogP contribution in [0.4, 0.5) is 0 Å². The quantitative estimate of drug-likeness (QED) is 0.531. The van der Waals surface area contributed by atoms with Gasteiger partial charge in [-0.25, -0.2) is 0 Å². The van der Waals surface area contributed by atoms with Gasteiger partial charge in [-0.05, 0) is 12.1 Å². The Morgan fingerprint density at radius 2 is 1.65 bits per heavy atom. The summed E-state index contributed by atoms with van der Waals surface area (Å²) in [5.74, 6) is -1.63. The van der Waals surface area contributed by atoms with E-state index in [1.54, 1.807) is 0 Å². The maximum absolute atomic E-state index is 12.5. The number of aromatic hydroxyl groups is 4. The second-order valence-electron chi connectivity index (χ2n) is 4.75. The van der Waals surface area contributed by atoms with Gasteiger partial charge in [0.05, 0.1) is 15.0 Å². The lowest BCUT2D eigenvalue weighted by Crippen LogP contribution is -2.05. The molecule has 0 saturated heterocycles. The molecule has 2 aromatic carbocycles. The minimum Gasteiger partial charge on any atom is -0.508 e. The number of hydrogen-bond acceptors (Lipinski definition) is 7. The second-order valence-corrected chi connectivity index (χ2v) is 4.98. The molecule has 0 amide bonds. The van der Waals surface area contributed by atoms with Crippen molar-refractivity contribution < 1.29 is 29.4 Å². The van der Waals surface area contributed by atoms with Gasteiger partial charge >= 0.3 is 0 Å². The van der Waals surface area contributed by atoms with E-state index in [-0.39, 0.29) is 45.3 Å². The third kappa shape index (κ3) is 2.41. The lowest BCUT2D eigenvalue weighted by molar-refractivity contribution is 0.448. The van der Waals surface area contributed by atoms with Crippen LogP contribution in [0, 0.1) is 0 Å². The summed E-state index contributed by atoms with van der Waals surface area (Å²) in [6.45, 7) is 0. The molecule has 0 aliphatic carbocycles. The van der Waals surface area contributed by atoms with Gasteiger partial charge in [-0.1, -0.05) is 0 Å². The van der Waals surface area contributed by atoms with Crippen LogP contribution in [0.3, 0.4) is 0 Å². The summed E-state index contributed by atoms with van der Waals surface area (Å²) in [6, 6.07) is 5.87. The van der Waals surface area contributed by atoms with E-state index in [9.17, 15) is 25.2 Å². The van der Waals surface area contributed by atoms with E-state index in [1.807, 2.05) is 9.47 Å². The van der Waals surface area contributed by atoms with Crippen LogP contribution in [0.15, 0.2) is 39.5 Å². The van der Waals surface area contributed by atoms with E-state index in [4.69, 9.17) is 8.94 Å². The molecule has 0 aliphatic rings. The van der Waals surface area contributed by atoms with Crippen molar-refractivity contribution in [3.8, 4) is 40.1 Å². The van der Waals surface area contributed by atoms with E-state index >= 15 is 0 Å². The van der Waals surface area contributed by atoms with Crippen molar-refractivity contribution >= 4 is 20.4 Å². The summed E-state index contributed by atoms with van der Waals surface area (Å²) in [7, 11) is 1.89. The zero-order chi connectivity index (χ0) is 16.7. The summed E-state index contributed by atoms with van der Waals surface area (Å²) in [6.07, 6.45) is 0. The van der Waals surface area contributed by atoms with Gasteiger partial charge in [-0.2, -0.15) is 0 Å². The molecule has 0 aliphatic heterocycles. The Morgan fingerprint density at radius 1 is 0.957 bits per heavy atom. The minimum atomic E-state index is -0.679. The second kappa shape index (κ2) is 5.37. The predicted octanol–water partition coefficient (Wildman–Crippen LogP) is 2.45. The van der Waals surface area contributed by atoms with Gasteiger partial charge in [0, 0.05) is 18.2 Å². The van der Waals surface area contributed by atoms with Crippen LogP contribution in [0.1, 0.15) is 0 Å². The van der Waals surface area contributed by atoms with Crippen molar-refractivity contribution in [1.82, 2.24) is 0 Å². The topological polar surface area (TPSA) is 120 Å². The van der Waals surface area contributed by atoms with Crippen LogP contribution >= 0.6 is 9.47 Å². The average molecular weight is 334 g/mol. The first-order valence-electron chi connectivity index (χ1n) is 6.34. The number of fused-ring (bicyclic) bond motifs is 1. The van der Waals surface area contributed by atoms with Crippen LogP contribution in [0.2, 0.25) is 0 Å². The molecular formula is C15H11O7P. The molecule has 0 spiro atoms. The molecule has 7 nitrogen and oxygen atoms in total. The van der Waals surface area contributed by atoms with Gasteiger partial charge in [-0.15, -0.1) is 0 Å². The molecule has 4 N–H and O–H groups in total. The third-order valence-electron chi connectivity index (χ3n) is 3.26. The summed E-state index contributed by atoms with van der Waals surface area (Å²) in [4.78, 5) is 12.5. The highest BCUT2D eigenvalue weighted by Crippen LogP contribution is 2.40. The highest BCUT2D eigenvalue weighted by molar-refractivity contribution is 7.10. The molecule has 23 heavy (non-hydrogen) atoms. The molecule has 0 radical (unpaired) electrons. The Bertz CT molecular complexity index is 978. The lowest BCUT2D eigenvalue weighted by atomic mass is 10.1. The normalized spacial score (nSPS) is 10.8. The van der Waals surface area contributed by atoms with Crippen molar-refractivity contribution in [2.24, 2.45) is 0 Å². The molecule has 1 heterocycles. The fourth-order valence-corrected chi connectivity index (χ4v) is 2.48. The molecular weight excluding hydrogens is 323 g/mol. The van der Waals surface area contributed by atoms with Gasteiger partial charge in [0.25, 0.3) is 0 Å². The van der Waals surface area contributed by atoms with E-state index in [1.165, 1.54) is 12.1 Å². The smallest absolute Gasteiger partial charge is 0.239 e. The van der Waals surface area contributed by atoms with Gasteiger partial charge in [0.1, 0.15) is 34.0 Å². The van der Waals surface area contributed by atoms with Crippen molar-refractivity contribution in [2.75, 3.05) is 0 Å². The maximum atomic E-state index is 12.5. The van der Waals surface area contributed by atoms with Gasteiger partial charge < -0.3 is 29.4 Å². The van der Waals surface area contributed by atoms with E-state index in [2.05, 4.69) is 0 Å². The first kappa shape index (κ1) is 15.0. The first-order chi connectivity index (χ1) is 10.9. The number of phenolic OH excluding ortho intramolecular Hbond substituents is 4. The van der Waals surface area contributed by atoms with Crippen molar-refractivity contribution in [1.29, 1.82) is 0 Å². The third-order valence-corrected chi connectivity index (χ3v) is 3.50. The molecule has 8 heteroatoms. The molecule has 3 aromatic rings. The first-order valence-corrected chi connectivity index (χ1v) is 6.81. The van der Waals surface area contributed by atoms with E-state index in [0.29, 0.717) is 0 Å². The molecule has 1 unspecified atom stereocenters. The van der Waals surface area contributed by atoms with Crippen molar-refractivity contribution in [3.63, 3.8) is 0 Å². The summed E-state index contributed by atoms with van der Waals surface area (Å²) < 4.78 is 10.5. The fourth-order valence-electron chi connectivity index (χ4n) is 2.26. The number of hydrogen-bond donors (Lipinski definition) is 4. The summed E-state index contributed by atoms with van der Waals surface area (Å²) in [5.41, 5.74) is -0.663. The highest BCUT2D eigenvalue weighted by Gasteiger charge is 2.22. The summed E-state index contributed by atoms with van der Waals surface area (Å²) in [5, 5.41) is 38.5. The van der Waals surface area contributed by atoms with Crippen LogP contribution in [-0.4, -0.2) is 20.4 Å². The lowest BCUT2D eigenvalue weighted by Gasteiger charge is -2.11. The molecule has 1 aromatic heterocycles. The van der Waals surface area contributed by atoms with Gasteiger partial charge in [0.15, 0.2) is 5.76 Å². The number of benzene rings is 2. The molecule has 1 atom stereocenters. The van der Waals surface area contributed by atoms with Crippen LogP contribution < -0.4 is 9.95 Å². The maximum Gasteiger partial charge on any atom is 0.239 e. The van der Waals surface area contributed by atoms with Crippen molar-refractivity contribution in [3.05, 3.63) is 40.6 Å². The molecule has 118 valence electrons. The molecule has 3 rings (SSSR count). The fraction of sp³-hybridized carbons (Fsp3) is 0. The number of phenols is 4. The zero-order valence-electron chi connectivity index (χ0n) is 11.5.